The third-order valence-electron chi connectivity index (χ3n) is 6.96. The summed E-state index contributed by atoms with van der Waals surface area (Å²) in [5.74, 6) is 0.520. The smallest absolute Gasteiger partial charge is 0.346 e. The first-order chi connectivity index (χ1) is 16.1. The van der Waals surface area contributed by atoms with E-state index in [4.69, 9.17) is 4.74 Å². The number of hydrogen-bond acceptors (Lipinski definition) is 5. The maximum Gasteiger partial charge on any atom is 0.346 e. The number of hydrogen-bond donors (Lipinski definition) is 0. The molecule has 9 nitrogen and oxygen atoms in total. The number of anilines is 1. The topological polar surface area (TPSA) is 89.7 Å². The Bertz CT molecular complexity index is 1070. The average Bonchev–Trinajstić information content (AvgIpc) is 3.52. The molecule has 2 atom stereocenters. The van der Waals surface area contributed by atoms with Gasteiger partial charge in [0.05, 0.1) is 19.1 Å². The molecule has 3 heterocycles. The average molecular weight is 454 g/mol. The lowest BCUT2D eigenvalue weighted by atomic mass is 9.95. The zero-order valence-electron chi connectivity index (χ0n) is 19.1. The number of benzene rings is 1. The van der Waals surface area contributed by atoms with Crippen LogP contribution in [0.1, 0.15) is 49.9 Å². The summed E-state index contributed by atoms with van der Waals surface area (Å²) in [6, 6.07) is 9.74. The van der Waals surface area contributed by atoms with Crippen LogP contribution in [0.25, 0.3) is 0 Å². The lowest BCUT2D eigenvalue weighted by Crippen LogP contribution is -2.43. The van der Waals surface area contributed by atoms with Crippen LogP contribution in [0.15, 0.2) is 35.1 Å². The van der Waals surface area contributed by atoms with E-state index < -0.39 is 0 Å². The monoisotopic (exact) mass is 453 g/mol. The number of rotatable bonds is 7. The van der Waals surface area contributed by atoms with E-state index in [0.717, 1.165) is 37.2 Å². The molecular formula is C24H31N5O4. The van der Waals surface area contributed by atoms with Crippen LogP contribution in [0.3, 0.4) is 0 Å². The van der Waals surface area contributed by atoms with E-state index in [9.17, 15) is 14.4 Å². The van der Waals surface area contributed by atoms with E-state index in [2.05, 4.69) is 5.10 Å². The van der Waals surface area contributed by atoms with Crippen LogP contribution in [0.5, 0.6) is 0 Å². The van der Waals surface area contributed by atoms with Gasteiger partial charge in [-0.1, -0.05) is 18.2 Å². The van der Waals surface area contributed by atoms with Crippen molar-refractivity contribution in [1.29, 1.82) is 0 Å². The fourth-order valence-electron chi connectivity index (χ4n) is 5.09. The van der Waals surface area contributed by atoms with Crippen molar-refractivity contribution < 1.29 is 14.3 Å². The zero-order valence-corrected chi connectivity index (χ0v) is 19.1. The van der Waals surface area contributed by atoms with Gasteiger partial charge in [0.2, 0.25) is 11.8 Å². The minimum atomic E-state index is -0.332. The van der Waals surface area contributed by atoms with Crippen LogP contribution in [0.2, 0.25) is 0 Å². The Balaban J connectivity index is 1.31. The van der Waals surface area contributed by atoms with Gasteiger partial charge in [-0.15, -0.1) is 0 Å². The van der Waals surface area contributed by atoms with Gasteiger partial charge in [0, 0.05) is 50.8 Å². The third-order valence-corrected chi connectivity index (χ3v) is 6.96. The minimum Gasteiger partial charge on any atom is -0.383 e. The van der Waals surface area contributed by atoms with Gasteiger partial charge in [-0.3, -0.25) is 14.2 Å². The lowest BCUT2D eigenvalue weighted by molar-refractivity contribution is -0.137. The third kappa shape index (κ3) is 4.34. The fourth-order valence-corrected chi connectivity index (χ4v) is 5.09. The van der Waals surface area contributed by atoms with E-state index in [0.29, 0.717) is 32.8 Å². The molecule has 0 radical (unpaired) electrons. The highest BCUT2D eigenvalue weighted by Crippen LogP contribution is 2.37. The highest BCUT2D eigenvalue weighted by atomic mass is 16.5. The van der Waals surface area contributed by atoms with E-state index in [1.165, 1.54) is 4.68 Å². The quantitative estimate of drug-likeness (QED) is 0.638. The number of para-hydroxylation sites is 1. The van der Waals surface area contributed by atoms with Crippen molar-refractivity contribution in [3.63, 3.8) is 0 Å². The largest absolute Gasteiger partial charge is 0.383 e. The molecule has 3 fully saturated rings. The predicted molar refractivity (Wildman–Crippen MR) is 122 cm³/mol. The van der Waals surface area contributed by atoms with Gasteiger partial charge in [-0.05, 0) is 37.8 Å². The number of ether oxygens (including phenoxy) is 1. The zero-order chi connectivity index (χ0) is 22.9. The number of likely N-dealkylation sites (tertiary alicyclic amines) is 1. The standard InChI is InChI=1S/C24H31N5O4/c1-33-13-12-28-24(32)29(20-9-10-20)22(25-28)17-6-5-11-26(15-17)23(31)18-14-21(30)27(16-18)19-7-3-2-4-8-19/h2-4,7-8,17-18,20H,5-6,9-16H2,1H3. The second kappa shape index (κ2) is 9.13. The Morgan fingerprint density at radius 3 is 2.64 bits per heavy atom. The minimum absolute atomic E-state index is 0.00688. The number of piperidine rings is 1. The maximum atomic E-state index is 13.4. The maximum absolute atomic E-state index is 13.4. The van der Waals surface area contributed by atoms with Gasteiger partial charge in [0.1, 0.15) is 5.82 Å². The molecule has 0 spiro atoms. The van der Waals surface area contributed by atoms with Crippen molar-refractivity contribution in [2.45, 2.75) is 50.6 Å². The van der Waals surface area contributed by atoms with Crippen molar-refractivity contribution in [2.75, 3.05) is 38.3 Å². The molecule has 2 amide bonds. The molecule has 5 rings (SSSR count). The Labute approximate surface area is 192 Å². The number of amides is 2. The summed E-state index contributed by atoms with van der Waals surface area (Å²) in [6.07, 6.45) is 4.00. The summed E-state index contributed by atoms with van der Waals surface area (Å²) >= 11 is 0. The van der Waals surface area contributed by atoms with E-state index in [-0.39, 0.29) is 41.8 Å². The molecule has 0 N–H and O–H groups in total. The molecule has 2 saturated heterocycles. The molecule has 1 aromatic carbocycles. The SMILES string of the molecule is COCCn1nc(C2CCCN(C(=O)C3CC(=O)N(c4ccccc4)C3)C2)n(C2CC2)c1=O. The summed E-state index contributed by atoms with van der Waals surface area (Å²) < 4.78 is 8.49. The second-order valence-electron chi connectivity index (χ2n) is 9.32. The first kappa shape index (κ1) is 21.9. The van der Waals surface area contributed by atoms with E-state index in [1.807, 2.05) is 39.8 Å². The van der Waals surface area contributed by atoms with Crippen LogP contribution < -0.4 is 10.6 Å². The molecule has 2 unspecified atom stereocenters. The fraction of sp³-hybridized carbons (Fsp3) is 0.583. The molecule has 176 valence electrons. The Morgan fingerprint density at radius 2 is 1.91 bits per heavy atom. The Kier molecular flexibility index (Phi) is 6.05. The van der Waals surface area contributed by atoms with Crippen LogP contribution in [0.4, 0.5) is 5.69 Å². The van der Waals surface area contributed by atoms with Crippen LogP contribution in [-0.2, 0) is 20.9 Å². The van der Waals surface area contributed by atoms with Crippen molar-refractivity contribution in [3.8, 4) is 0 Å². The molecule has 1 aliphatic carbocycles. The van der Waals surface area contributed by atoms with Gasteiger partial charge in [-0.25, -0.2) is 9.48 Å². The first-order valence-electron chi connectivity index (χ1n) is 11.9. The molecule has 3 aliphatic rings. The van der Waals surface area contributed by atoms with E-state index in [1.54, 1.807) is 12.0 Å². The molecule has 0 bridgehead atoms. The summed E-state index contributed by atoms with van der Waals surface area (Å²) in [7, 11) is 1.61. The van der Waals surface area contributed by atoms with Crippen molar-refractivity contribution >= 4 is 17.5 Å². The molecule has 1 aromatic heterocycles. The van der Waals surface area contributed by atoms with Gasteiger partial charge in [-0.2, -0.15) is 5.10 Å². The highest BCUT2D eigenvalue weighted by molar-refractivity contribution is 6.00. The number of carbonyl (C=O) groups excluding carboxylic acids is 2. The van der Waals surface area contributed by atoms with Crippen molar-refractivity contribution in [1.82, 2.24) is 19.2 Å². The van der Waals surface area contributed by atoms with E-state index >= 15 is 0 Å². The number of aromatic nitrogens is 3. The number of nitrogens with zero attached hydrogens (tertiary/aromatic N) is 5. The Morgan fingerprint density at radius 1 is 1.12 bits per heavy atom. The van der Waals surface area contributed by atoms with Gasteiger partial charge in [0.25, 0.3) is 0 Å². The molecule has 1 saturated carbocycles. The molecular weight excluding hydrogens is 422 g/mol. The molecule has 33 heavy (non-hydrogen) atoms. The second-order valence-corrected chi connectivity index (χ2v) is 9.32. The first-order valence-corrected chi connectivity index (χ1v) is 11.9. The van der Waals surface area contributed by atoms with Crippen LogP contribution in [-0.4, -0.2) is 64.4 Å². The lowest BCUT2D eigenvalue weighted by Gasteiger charge is -2.34. The number of methoxy groups -OCH3 is 1. The van der Waals surface area contributed by atoms with Gasteiger partial charge < -0.3 is 14.5 Å². The van der Waals surface area contributed by atoms with Gasteiger partial charge in [0.15, 0.2) is 0 Å². The summed E-state index contributed by atoms with van der Waals surface area (Å²) in [6.45, 7) is 2.51. The number of carbonyl (C=O) groups is 2. The predicted octanol–water partition coefficient (Wildman–Crippen LogP) is 1.79. The normalized spacial score (nSPS) is 23.4. The molecule has 2 aromatic rings. The highest BCUT2D eigenvalue weighted by Gasteiger charge is 2.40. The van der Waals surface area contributed by atoms with Gasteiger partial charge >= 0.3 is 5.69 Å². The Hall–Kier alpha value is -2.94. The van der Waals surface area contributed by atoms with Crippen molar-refractivity contribution in [2.24, 2.45) is 5.92 Å². The summed E-state index contributed by atoms with van der Waals surface area (Å²) in [5.41, 5.74) is 0.761. The van der Waals surface area contributed by atoms with Crippen LogP contribution in [0, 0.1) is 5.92 Å². The van der Waals surface area contributed by atoms with Crippen LogP contribution >= 0.6 is 0 Å². The van der Waals surface area contributed by atoms with Crippen molar-refractivity contribution in [3.05, 3.63) is 46.6 Å². The summed E-state index contributed by atoms with van der Waals surface area (Å²) in [4.78, 5) is 42.5. The molecule has 9 heteroatoms. The summed E-state index contributed by atoms with van der Waals surface area (Å²) in [5, 5.41) is 4.67. The molecule has 2 aliphatic heterocycles.